The van der Waals surface area contributed by atoms with Crippen LogP contribution in [0.25, 0.3) is 5.57 Å². The van der Waals surface area contributed by atoms with E-state index in [1.807, 2.05) is 6.07 Å². The average Bonchev–Trinajstić information content (AvgIpc) is 2.39. The Labute approximate surface area is 110 Å². The van der Waals surface area contributed by atoms with E-state index < -0.39 is 0 Å². The summed E-state index contributed by atoms with van der Waals surface area (Å²) < 4.78 is 0. The summed E-state index contributed by atoms with van der Waals surface area (Å²) in [5.41, 5.74) is 4.99. The molecule has 0 saturated carbocycles. The molecule has 0 aliphatic carbocycles. The highest BCUT2D eigenvalue weighted by Gasteiger charge is 2.08. The van der Waals surface area contributed by atoms with Gasteiger partial charge < -0.3 is 0 Å². The van der Waals surface area contributed by atoms with Crippen molar-refractivity contribution in [1.82, 2.24) is 0 Å². The summed E-state index contributed by atoms with van der Waals surface area (Å²) in [5, 5.41) is 0. The molecule has 0 radical (unpaired) electrons. The lowest BCUT2D eigenvalue weighted by Gasteiger charge is -2.14. The van der Waals surface area contributed by atoms with E-state index in [0.717, 1.165) is 12.0 Å². The Morgan fingerprint density at radius 1 is 0.944 bits per heavy atom. The first-order valence-electron chi connectivity index (χ1n) is 6.51. The first-order valence-corrected chi connectivity index (χ1v) is 6.51. The van der Waals surface area contributed by atoms with Gasteiger partial charge in [-0.1, -0.05) is 75.0 Å². The Morgan fingerprint density at radius 3 is 2.22 bits per heavy atom. The minimum absolute atomic E-state index is 0.662. The largest absolute Gasteiger partial charge is 0.0905 e. The molecule has 0 N–H and O–H groups in total. The molecule has 0 atom stereocenters. The van der Waals surface area contributed by atoms with Gasteiger partial charge in [-0.2, -0.15) is 0 Å². The van der Waals surface area contributed by atoms with Gasteiger partial charge in [0, 0.05) is 0 Å². The Balaban J connectivity index is 2.36. The molecule has 0 saturated heterocycles. The molecule has 2 aromatic carbocycles. The van der Waals surface area contributed by atoms with E-state index in [4.69, 9.17) is 0 Å². The lowest BCUT2D eigenvalue weighted by molar-refractivity contribution is 0.646. The van der Waals surface area contributed by atoms with Gasteiger partial charge in [0.25, 0.3) is 0 Å². The van der Waals surface area contributed by atoms with E-state index in [0.29, 0.717) is 5.92 Å². The molecule has 0 spiro atoms. The Kier molecular flexibility index (Phi) is 3.99. The first kappa shape index (κ1) is 12.6. The molecule has 2 rings (SSSR count). The van der Waals surface area contributed by atoms with E-state index in [-0.39, 0.29) is 0 Å². The zero-order chi connectivity index (χ0) is 13.0. The summed E-state index contributed by atoms with van der Waals surface area (Å²) in [4.78, 5) is 0. The van der Waals surface area contributed by atoms with Gasteiger partial charge in [0.2, 0.25) is 0 Å². The lowest BCUT2D eigenvalue weighted by Crippen LogP contribution is -1.99. The van der Waals surface area contributed by atoms with E-state index >= 15 is 0 Å². The molecule has 0 fully saturated rings. The van der Waals surface area contributed by atoms with Gasteiger partial charge in [-0.15, -0.1) is 0 Å². The molecule has 92 valence electrons. The van der Waals surface area contributed by atoms with Crippen LogP contribution in [0.2, 0.25) is 0 Å². The minimum Gasteiger partial charge on any atom is -0.0905 e. The number of rotatable bonds is 4. The van der Waals surface area contributed by atoms with Gasteiger partial charge in [0.1, 0.15) is 0 Å². The van der Waals surface area contributed by atoms with Crippen LogP contribution in [-0.4, -0.2) is 0 Å². The molecular formula is C18H20. The van der Waals surface area contributed by atoms with Crippen LogP contribution in [-0.2, 0) is 6.42 Å². The van der Waals surface area contributed by atoms with Crippen molar-refractivity contribution < 1.29 is 0 Å². The zero-order valence-electron chi connectivity index (χ0n) is 11.2. The zero-order valence-corrected chi connectivity index (χ0v) is 11.2. The third-order valence-electron chi connectivity index (χ3n) is 3.09. The molecule has 0 heterocycles. The van der Waals surface area contributed by atoms with Crippen molar-refractivity contribution in [2.45, 2.75) is 20.3 Å². The molecule has 0 amide bonds. The van der Waals surface area contributed by atoms with Crippen molar-refractivity contribution >= 4 is 5.57 Å². The number of hydrogen-bond donors (Lipinski definition) is 0. The fraction of sp³-hybridized carbons (Fsp3) is 0.222. The standard InChI is InChI=1S/C18H20/c1-14(2)13-17-11-7-8-12-18(17)15(3)16-9-5-4-6-10-16/h4-12,14H,3,13H2,1-2H3. The van der Waals surface area contributed by atoms with E-state index in [1.165, 1.54) is 16.7 Å². The molecular weight excluding hydrogens is 216 g/mol. The van der Waals surface area contributed by atoms with E-state index in [1.54, 1.807) is 0 Å². The van der Waals surface area contributed by atoms with Crippen molar-refractivity contribution in [3.05, 3.63) is 77.9 Å². The maximum atomic E-state index is 4.26. The molecule has 0 aliphatic rings. The molecule has 0 aromatic heterocycles. The predicted octanol–water partition coefficient (Wildman–Crippen LogP) is 4.95. The highest BCUT2D eigenvalue weighted by atomic mass is 14.1. The third kappa shape index (κ3) is 2.89. The van der Waals surface area contributed by atoms with Crippen molar-refractivity contribution in [2.75, 3.05) is 0 Å². The number of hydrogen-bond acceptors (Lipinski definition) is 0. The highest BCUT2D eigenvalue weighted by molar-refractivity contribution is 5.79. The topological polar surface area (TPSA) is 0 Å². The van der Waals surface area contributed by atoms with Crippen molar-refractivity contribution in [3.63, 3.8) is 0 Å². The number of benzene rings is 2. The molecule has 18 heavy (non-hydrogen) atoms. The first-order chi connectivity index (χ1) is 8.68. The summed E-state index contributed by atoms with van der Waals surface area (Å²) in [5.74, 6) is 0.662. The second kappa shape index (κ2) is 5.68. The maximum absolute atomic E-state index is 4.26. The van der Waals surface area contributed by atoms with Gasteiger partial charge in [-0.25, -0.2) is 0 Å². The molecule has 0 heteroatoms. The molecule has 0 bridgehead atoms. The maximum Gasteiger partial charge on any atom is -0.0152 e. The van der Waals surface area contributed by atoms with E-state index in [2.05, 4.69) is 69.0 Å². The van der Waals surface area contributed by atoms with Gasteiger partial charge in [-0.05, 0) is 34.6 Å². The van der Waals surface area contributed by atoms with Crippen LogP contribution in [0.3, 0.4) is 0 Å². The van der Waals surface area contributed by atoms with Gasteiger partial charge >= 0.3 is 0 Å². The third-order valence-corrected chi connectivity index (χ3v) is 3.09. The second-order valence-corrected chi connectivity index (χ2v) is 5.10. The summed E-state index contributed by atoms with van der Waals surface area (Å²) in [6.45, 7) is 8.77. The van der Waals surface area contributed by atoms with Crippen LogP contribution in [0, 0.1) is 5.92 Å². The predicted molar refractivity (Wildman–Crippen MR) is 79.6 cm³/mol. The van der Waals surface area contributed by atoms with Crippen LogP contribution in [0.15, 0.2) is 61.2 Å². The molecule has 0 aliphatic heterocycles. The summed E-state index contributed by atoms with van der Waals surface area (Å²) in [7, 11) is 0. The second-order valence-electron chi connectivity index (χ2n) is 5.10. The lowest BCUT2D eigenvalue weighted by atomic mass is 9.91. The fourth-order valence-electron chi connectivity index (χ4n) is 2.23. The smallest absolute Gasteiger partial charge is 0.0152 e. The van der Waals surface area contributed by atoms with Crippen molar-refractivity contribution in [2.24, 2.45) is 5.92 Å². The van der Waals surface area contributed by atoms with Gasteiger partial charge in [0.15, 0.2) is 0 Å². The van der Waals surface area contributed by atoms with Crippen LogP contribution in [0.5, 0.6) is 0 Å². The van der Waals surface area contributed by atoms with Crippen molar-refractivity contribution in [3.8, 4) is 0 Å². The normalized spacial score (nSPS) is 10.6. The molecule has 0 unspecified atom stereocenters. The van der Waals surface area contributed by atoms with Crippen molar-refractivity contribution in [1.29, 1.82) is 0 Å². The van der Waals surface area contributed by atoms with Gasteiger partial charge in [0.05, 0.1) is 0 Å². The van der Waals surface area contributed by atoms with Gasteiger partial charge in [-0.3, -0.25) is 0 Å². The Hall–Kier alpha value is -1.82. The average molecular weight is 236 g/mol. The van der Waals surface area contributed by atoms with Crippen LogP contribution < -0.4 is 0 Å². The molecule has 2 aromatic rings. The van der Waals surface area contributed by atoms with Crippen LogP contribution in [0.1, 0.15) is 30.5 Å². The molecule has 0 nitrogen and oxygen atoms in total. The SMILES string of the molecule is C=C(c1ccccc1)c1ccccc1CC(C)C. The van der Waals surface area contributed by atoms with Crippen LogP contribution >= 0.6 is 0 Å². The van der Waals surface area contributed by atoms with E-state index in [9.17, 15) is 0 Å². The summed E-state index contributed by atoms with van der Waals surface area (Å²) in [6, 6.07) is 19.0. The monoisotopic (exact) mass is 236 g/mol. The van der Waals surface area contributed by atoms with Crippen LogP contribution in [0.4, 0.5) is 0 Å². The Bertz CT molecular complexity index is 521. The summed E-state index contributed by atoms with van der Waals surface area (Å²) in [6.07, 6.45) is 1.10. The fourth-order valence-corrected chi connectivity index (χ4v) is 2.23. The Morgan fingerprint density at radius 2 is 1.56 bits per heavy atom. The summed E-state index contributed by atoms with van der Waals surface area (Å²) >= 11 is 0. The quantitative estimate of drug-likeness (QED) is 0.705. The minimum atomic E-state index is 0.662. The highest BCUT2D eigenvalue weighted by Crippen LogP contribution is 2.26.